The third-order valence-electron chi connectivity index (χ3n) is 5.57. The summed E-state index contributed by atoms with van der Waals surface area (Å²) >= 11 is 0. The Morgan fingerprint density at radius 2 is 1.97 bits per heavy atom. The molecule has 1 saturated heterocycles. The molecule has 4 rings (SSSR count). The van der Waals surface area contributed by atoms with Crippen LogP contribution in [0.5, 0.6) is 0 Å². The van der Waals surface area contributed by atoms with Crippen molar-refractivity contribution in [1.82, 2.24) is 19.9 Å². The maximum Gasteiger partial charge on any atom is 0.416 e. The number of carbonyl (C=O) groups is 1. The molecule has 1 aliphatic rings. The zero-order valence-corrected chi connectivity index (χ0v) is 18.2. The van der Waals surface area contributed by atoms with Crippen LogP contribution in [-0.4, -0.2) is 39.7 Å². The van der Waals surface area contributed by atoms with E-state index in [-0.39, 0.29) is 17.3 Å². The normalized spacial score (nSPS) is 14.7. The molecular weight excluding hydrogens is 449 g/mol. The zero-order valence-electron chi connectivity index (χ0n) is 18.2. The number of urea groups is 1. The zero-order chi connectivity index (χ0) is 24.3. The van der Waals surface area contributed by atoms with E-state index >= 15 is 0 Å². The van der Waals surface area contributed by atoms with E-state index in [1.165, 1.54) is 16.7 Å². The number of carbonyl (C=O) groups excluding carboxylic acids is 1. The number of anilines is 2. The quantitative estimate of drug-likeness (QED) is 0.552. The summed E-state index contributed by atoms with van der Waals surface area (Å²) in [6.07, 6.45) is -0.172. The number of allylic oxidation sites excluding steroid dienone is 1. The number of rotatable bonds is 5. The maximum atomic E-state index is 13.0. The van der Waals surface area contributed by atoms with Gasteiger partial charge in [-0.1, -0.05) is 12.1 Å². The predicted octanol–water partition coefficient (Wildman–Crippen LogP) is 3.79. The van der Waals surface area contributed by atoms with Crippen molar-refractivity contribution in [3.63, 3.8) is 0 Å². The molecule has 0 aliphatic carbocycles. The molecule has 2 amide bonds. The highest BCUT2D eigenvalue weighted by Crippen LogP contribution is 2.30. The summed E-state index contributed by atoms with van der Waals surface area (Å²) in [6, 6.07) is 7.22. The van der Waals surface area contributed by atoms with E-state index in [4.69, 9.17) is 0 Å². The van der Waals surface area contributed by atoms with Crippen molar-refractivity contribution in [1.29, 1.82) is 0 Å². The fraction of sp³-hybridized carbons (Fsp3) is 0.304. The summed E-state index contributed by atoms with van der Waals surface area (Å²) < 4.78 is 40.1. The highest BCUT2D eigenvalue weighted by atomic mass is 19.4. The topological polar surface area (TPSA) is 92.2 Å². The third kappa shape index (κ3) is 5.03. The van der Waals surface area contributed by atoms with Gasteiger partial charge >= 0.3 is 12.2 Å². The average molecular weight is 472 g/mol. The number of piperidine rings is 1. The van der Waals surface area contributed by atoms with E-state index in [2.05, 4.69) is 27.2 Å². The van der Waals surface area contributed by atoms with Gasteiger partial charge in [0, 0.05) is 37.6 Å². The summed E-state index contributed by atoms with van der Waals surface area (Å²) in [5.74, 6) is 0.314. The molecule has 1 aromatic carbocycles. The first-order valence-electron chi connectivity index (χ1n) is 10.7. The number of hydrogen-bond acceptors (Lipinski definition) is 5. The van der Waals surface area contributed by atoms with Crippen LogP contribution >= 0.6 is 0 Å². The smallest absolute Gasteiger partial charge is 0.352 e. The number of amides is 2. The highest BCUT2D eigenvalue weighted by molar-refractivity contribution is 5.89. The molecule has 0 radical (unpaired) electrons. The van der Waals surface area contributed by atoms with Crippen LogP contribution in [0.15, 0.2) is 60.0 Å². The number of alkyl halides is 3. The second kappa shape index (κ2) is 9.54. The molecule has 2 N–H and O–H groups in total. The molecule has 3 heterocycles. The van der Waals surface area contributed by atoms with Crippen molar-refractivity contribution in [3.05, 3.63) is 71.2 Å². The number of pyridine rings is 1. The Morgan fingerprint density at radius 3 is 2.68 bits per heavy atom. The molecule has 0 saturated carbocycles. The Balaban J connectivity index is 1.41. The second-order valence-corrected chi connectivity index (χ2v) is 7.92. The molecule has 11 heteroatoms. The lowest BCUT2D eigenvalue weighted by molar-refractivity contribution is -0.137. The SMILES string of the molecule is C=CCn1c(=O)c(N2CCC(NC(=O)Nc3cccc(C(F)(F)F)c3)CC2)nc2cccnc21. The Labute approximate surface area is 193 Å². The minimum absolute atomic E-state index is 0.0569. The van der Waals surface area contributed by atoms with Gasteiger partial charge in [-0.2, -0.15) is 13.2 Å². The van der Waals surface area contributed by atoms with Gasteiger partial charge in [0.1, 0.15) is 5.52 Å². The number of hydrogen-bond donors (Lipinski definition) is 2. The van der Waals surface area contributed by atoms with Gasteiger partial charge in [-0.3, -0.25) is 9.36 Å². The number of aromatic nitrogens is 3. The standard InChI is InChI=1S/C23H23F3N6O2/c1-2-11-32-19-18(7-4-10-27-19)30-20(21(32)33)31-12-8-16(9-13-31)28-22(34)29-17-6-3-5-15(14-17)23(24,25)26/h2-7,10,14,16H,1,8-9,11-13H2,(H2,28,29,34). The highest BCUT2D eigenvalue weighted by Gasteiger charge is 2.30. The summed E-state index contributed by atoms with van der Waals surface area (Å²) in [5.41, 5.74) is 0.0405. The number of fused-ring (bicyclic) bond motifs is 1. The maximum absolute atomic E-state index is 13.0. The molecule has 3 aromatic rings. The van der Waals surface area contributed by atoms with Crippen LogP contribution in [0, 0.1) is 0 Å². The van der Waals surface area contributed by atoms with E-state index < -0.39 is 17.8 Å². The third-order valence-corrected chi connectivity index (χ3v) is 5.57. The van der Waals surface area contributed by atoms with Gasteiger partial charge in [0.15, 0.2) is 11.5 Å². The van der Waals surface area contributed by atoms with Crippen molar-refractivity contribution in [2.75, 3.05) is 23.3 Å². The Hall–Kier alpha value is -3.89. The van der Waals surface area contributed by atoms with Crippen LogP contribution in [0.25, 0.3) is 11.2 Å². The van der Waals surface area contributed by atoms with Crippen LogP contribution in [0.2, 0.25) is 0 Å². The Morgan fingerprint density at radius 1 is 1.21 bits per heavy atom. The van der Waals surface area contributed by atoms with E-state index in [0.29, 0.717) is 49.5 Å². The molecule has 0 bridgehead atoms. The number of nitrogens with one attached hydrogen (secondary N) is 2. The molecular formula is C23H23F3N6O2. The Kier molecular flexibility index (Phi) is 6.53. The molecule has 0 atom stereocenters. The van der Waals surface area contributed by atoms with Crippen LogP contribution in [-0.2, 0) is 12.7 Å². The molecule has 2 aromatic heterocycles. The van der Waals surface area contributed by atoms with Gasteiger partial charge in [-0.25, -0.2) is 14.8 Å². The monoisotopic (exact) mass is 472 g/mol. The average Bonchev–Trinajstić information content (AvgIpc) is 2.81. The lowest BCUT2D eigenvalue weighted by Crippen LogP contribution is -2.47. The van der Waals surface area contributed by atoms with Gasteiger partial charge in [0.2, 0.25) is 0 Å². The molecule has 8 nitrogen and oxygen atoms in total. The van der Waals surface area contributed by atoms with Gasteiger partial charge in [0.25, 0.3) is 5.56 Å². The molecule has 178 valence electrons. The molecule has 1 aliphatic heterocycles. The Bertz CT molecular complexity index is 1270. The fourth-order valence-electron chi connectivity index (χ4n) is 3.93. The van der Waals surface area contributed by atoms with Crippen molar-refractivity contribution >= 4 is 28.7 Å². The minimum atomic E-state index is -4.49. The molecule has 0 spiro atoms. The van der Waals surface area contributed by atoms with Gasteiger partial charge in [-0.05, 0) is 43.2 Å². The van der Waals surface area contributed by atoms with E-state index in [1.54, 1.807) is 24.4 Å². The lowest BCUT2D eigenvalue weighted by atomic mass is 10.1. The fourth-order valence-corrected chi connectivity index (χ4v) is 3.93. The van der Waals surface area contributed by atoms with Crippen molar-refractivity contribution in [2.24, 2.45) is 0 Å². The van der Waals surface area contributed by atoms with Crippen LogP contribution in [0.1, 0.15) is 18.4 Å². The van der Waals surface area contributed by atoms with Gasteiger partial charge in [0.05, 0.1) is 5.56 Å². The number of nitrogens with zero attached hydrogens (tertiary/aromatic N) is 4. The molecule has 1 fully saturated rings. The van der Waals surface area contributed by atoms with Crippen LogP contribution < -0.4 is 21.1 Å². The van der Waals surface area contributed by atoms with E-state index in [9.17, 15) is 22.8 Å². The van der Waals surface area contributed by atoms with Crippen molar-refractivity contribution in [2.45, 2.75) is 31.6 Å². The van der Waals surface area contributed by atoms with Crippen molar-refractivity contribution in [3.8, 4) is 0 Å². The second-order valence-electron chi connectivity index (χ2n) is 7.92. The van der Waals surface area contributed by atoms with Crippen molar-refractivity contribution < 1.29 is 18.0 Å². The van der Waals surface area contributed by atoms with Crippen LogP contribution in [0.4, 0.5) is 29.5 Å². The van der Waals surface area contributed by atoms with Crippen LogP contribution in [0.3, 0.4) is 0 Å². The van der Waals surface area contributed by atoms with Gasteiger partial charge < -0.3 is 15.5 Å². The summed E-state index contributed by atoms with van der Waals surface area (Å²) in [6.45, 7) is 4.97. The molecule has 34 heavy (non-hydrogen) atoms. The lowest BCUT2D eigenvalue weighted by Gasteiger charge is -2.33. The summed E-state index contributed by atoms with van der Waals surface area (Å²) in [4.78, 5) is 36.0. The first kappa shape index (κ1) is 23.3. The summed E-state index contributed by atoms with van der Waals surface area (Å²) in [7, 11) is 0. The van der Waals surface area contributed by atoms with E-state index in [1.807, 2.05) is 4.90 Å². The number of benzene rings is 1. The summed E-state index contributed by atoms with van der Waals surface area (Å²) in [5, 5.41) is 5.24. The number of halogens is 3. The predicted molar refractivity (Wildman–Crippen MR) is 123 cm³/mol. The van der Waals surface area contributed by atoms with E-state index in [0.717, 1.165) is 12.1 Å². The minimum Gasteiger partial charge on any atom is -0.352 e. The molecule has 0 unspecified atom stereocenters. The largest absolute Gasteiger partial charge is 0.416 e. The first-order valence-corrected chi connectivity index (χ1v) is 10.7. The first-order chi connectivity index (χ1) is 16.3. The van der Waals surface area contributed by atoms with Gasteiger partial charge in [-0.15, -0.1) is 6.58 Å².